The maximum absolute atomic E-state index is 12.4. The number of aryl methyl sites for hydroxylation is 1. The van der Waals surface area contributed by atoms with E-state index in [0.29, 0.717) is 19.7 Å². The van der Waals surface area contributed by atoms with Gasteiger partial charge in [-0.05, 0) is 44.9 Å². The SMILES string of the molecule is CCOC(=O)CN1CCCC1c1ccc(C(=O)NCCCn2ccnc2)s1. The van der Waals surface area contributed by atoms with Gasteiger partial charge in [0, 0.05) is 36.4 Å². The normalized spacial score (nSPS) is 17.1. The maximum atomic E-state index is 12.4. The first-order valence-corrected chi connectivity index (χ1v) is 10.2. The van der Waals surface area contributed by atoms with E-state index >= 15 is 0 Å². The van der Waals surface area contributed by atoms with Crippen molar-refractivity contribution in [1.82, 2.24) is 19.8 Å². The minimum absolute atomic E-state index is 0.0354. The molecule has 27 heavy (non-hydrogen) atoms. The molecule has 146 valence electrons. The van der Waals surface area contributed by atoms with Gasteiger partial charge in [-0.1, -0.05) is 0 Å². The molecule has 0 aliphatic carbocycles. The Morgan fingerprint density at radius 2 is 2.30 bits per heavy atom. The van der Waals surface area contributed by atoms with E-state index in [1.54, 1.807) is 12.5 Å². The summed E-state index contributed by atoms with van der Waals surface area (Å²) >= 11 is 1.52. The summed E-state index contributed by atoms with van der Waals surface area (Å²) in [6.07, 6.45) is 8.36. The highest BCUT2D eigenvalue weighted by Gasteiger charge is 2.29. The molecule has 0 radical (unpaired) electrons. The van der Waals surface area contributed by atoms with Crippen LogP contribution in [0.4, 0.5) is 0 Å². The van der Waals surface area contributed by atoms with E-state index < -0.39 is 0 Å². The summed E-state index contributed by atoms with van der Waals surface area (Å²) in [6, 6.07) is 4.09. The summed E-state index contributed by atoms with van der Waals surface area (Å²) < 4.78 is 7.06. The van der Waals surface area contributed by atoms with Crippen molar-refractivity contribution >= 4 is 23.2 Å². The number of carbonyl (C=O) groups excluding carboxylic acids is 2. The van der Waals surface area contributed by atoms with Crippen molar-refractivity contribution in [3.05, 3.63) is 40.6 Å². The van der Waals surface area contributed by atoms with E-state index in [2.05, 4.69) is 15.2 Å². The molecular weight excluding hydrogens is 364 g/mol. The van der Waals surface area contributed by atoms with Crippen molar-refractivity contribution in [3.63, 3.8) is 0 Å². The quantitative estimate of drug-likeness (QED) is 0.526. The van der Waals surface area contributed by atoms with Crippen LogP contribution in [0.3, 0.4) is 0 Å². The molecule has 8 heteroatoms. The highest BCUT2D eigenvalue weighted by Crippen LogP contribution is 2.35. The van der Waals surface area contributed by atoms with Crippen LogP contribution >= 0.6 is 11.3 Å². The van der Waals surface area contributed by atoms with Crippen LogP contribution in [0.2, 0.25) is 0 Å². The lowest BCUT2D eigenvalue weighted by Crippen LogP contribution is -2.30. The van der Waals surface area contributed by atoms with Crippen molar-refractivity contribution in [3.8, 4) is 0 Å². The van der Waals surface area contributed by atoms with E-state index in [9.17, 15) is 9.59 Å². The highest BCUT2D eigenvalue weighted by molar-refractivity contribution is 7.14. The lowest BCUT2D eigenvalue weighted by atomic mass is 10.2. The van der Waals surface area contributed by atoms with Gasteiger partial charge in [-0.2, -0.15) is 0 Å². The van der Waals surface area contributed by atoms with Crippen LogP contribution in [0, 0.1) is 0 Å². The second-order valence-corrected chi connectivity index (χ2v) is 7.66. The predicted molar refractivity (Wildman–Crippen MR) is 104 cm³/mol. The Kier molecular flexibility index (Phi) is 7.00. The number of hydrogen-bond acceptors (Lipinski definition) is 6. The Morgan fingerprint density at radius 3 is 3.07 bits per heavy atom. The van der Waals surface area contributed by atoms with Crippen LogP contribution in [-0.2, 0) is 16.1 Å². The summed E-state index contributed by atoms with van der Waals surface area (Å²) in [5.74, 6) is -0.219. The molecule has 1 aliphatic rings. The number of ether oxygens (including phenoxy) is 1. The number of thiophene rings is 1. The molecule has 0 saturated carbocycles. The number of imidazole rings is 1. The van der Waals surface area contributed by atoms with Crippen LogP contribution < -0.4 is 5.32 Å². The van der Waals surface area contributed by atoms with Gasteiger partial charge < -0.3 is 14.6 Å². The first-order valence-electron chi connectivity index (χ1n) is 9.40. The van der Waals surface area contributed by atoms with Gasteiger partial charge in [0.1, 0.15) is 0 Å². The zero-order chi connectivity index (χ0) is 19.1. The van der Waals surface area contributed by atoms with Crippen molar-refractivity contribution in [2.75, 3.05) is 26.2 Å². The molecule has 1 fully saturated rings. The number of nitrogens with one attached hydrogen (secondary N) is 1. The monoisotopic (exact) mass is 390 g/mol. The predicted octanol–water partition coefficient (Wildman–Crippen LogP) is 2.46. The van der Waals surface area contributed by atoms with Crippen molar-refractivity contribution in [1.29, 1.82) is 0 Å². The molecule has 1 N–H and O–H groups in total. The van der Waals surface area contributed by atoms with E-state index in [4.69, 9.17) is 4.74 Å². The van der Waals surface area contributed by atoms with Crippen LogP contribution in [0.1, 0.15) is 46.8 Å². The van der Waals surface area contributed by atoms with Gasteiger partial charge in [0.05, 0.1) is 24.4 Å². The van der Waals surface area contributed by atoms with Gasteiger partial charge >= 0.3 is 5.97 Å². The van der Waals surface area contributed by atoms with Crippen molar-refractivity contribution in [2.45, 2.75) is 38.8 Å². The Morgan fingerprint density at radius 1 is 1.41 bits per heavy atom. The first-order chi connectivity index (χ1) is 13.2. The lowest BCUT2D eigenvalue weighted by molar-refractivity contribution is -0.144. The largest absolute Gasteiger partial charge is 0.465 e. The summed E-state index contributed by atoms with van der Waals surface area (Å²) in [7, 11) is 0. The summed E-state index contributed by atoms with van der Waals surface area (Å²) in [6.45, 7) is 4.88. The molecule has 1 unspecified atom stereocenters. The molecule has 7 nitrogen and oxygen atoms in total. The number of carbonyl (C=O) groups is 2. The van der Waals surface area contributed by atoms with Gasteiger partial charge in [-0.15, -0.1) is 11.3 Å². The molecule has 1 atom stereocenters. The highest BCUT2D eigenvalue weighted by atomic mass is 32.1. The molecule has 0 bridgehead atoms. The Hall–Kier alpha value is -2.19. The average Bonchev–Trinajstić information content (AvgIpc) is 3.39. The molecule has 3 rings (SSSR count). The van der Waals surface area contributed by atoms with Gasteiger partial charge in [-0.3, -0.25) is 14.5 Å². The maximum Gasteiger partial charge on any atom is 0.320 e. The molecule has 1 aliphatic heterocycles. The summed E-state index contributed by atoms with van der Waals surface area (Å²) in [5.41, 5.74) is 0. The number of aromatic nitrogens is 2. The number of esters is 1. The second kappa shape index (κ2) is 9.66. The fraction of sp³-hybridized carbons (Fsp3) is 0.526. The van der Waals surface area contributed by atoms with Gasteiger partial charge in [0.25, 0.3) is 5.91 Å². The van der Waals surface area contributed by atoms with Crippen LogP contribution in [0.5, 0.6) is 0 Å². The Bertz CT molecular complexity index is 744. The summed E-state index contributed by atoms with van der Waals surface area (Å²) in [4.78, 5) is 32.2. The first kappa shape index (κ1) is 19.6. The minimum atomic E-state index is -0.184. The fourth-order valence-corrected chi connectivity index (χ4v) is 4.43. The smallest absolute Gasteiger partial charge is 0.320 e. The molecule has 1 amide bonds. The third-order valence-electron chi connectivity index (χ3n) is 4.62. The van der Waals surface area contributed by atoms with Crippen LogP contribution in [0.15, 0.2) is 30.9 Å². The van der Waals surface area contributed by atoms with E-state index in [0.717, 1.165) is 42.1 Å². The molecule has 3 heterocycles. The molecule has 2 aromatic rings. The van der Waals surface area contributed by atoms with Gasteiger partial charge in [0.15, 0.2) is 0 Å². The van der Waals surface area contributed by atoms with Crippen molar-refractivity contribution in [2.24, 2.45) is 0 Å². The van der Waals surface area contributed by atoms with E-state index in [1.165, 1.54) is 11.3 Å². The molecule has 0 aromatic carbocycles. The molecule has 1 saturated heterocycles. The minimum Gasteiger partial charge on any atom is -0.465 e. The Labute approximate surface area is 163 Å². The standard InChI is InChI=1S/C19H26N4O3S/c1-2-26-18(24)13-23-11-3-5-15(23)16-6-7-17(27-16)19(25)21-8-4-10-22-12-9-20-14-22/h6-7,9,12,14-15H,2-5,8,10-11,13H2,1H3,(H,21,25). The van der Waals surface area contributed by atoms with E-state index in [1.807, 2.05) is 29.8 Å². The lowest BCUT2D eigenvalue weighted by Gasteiger charge is -2.22. The third-order valence-corrected chi connectivity index (χ3v) is 5.80. The topological polar surface area (TPSA) is 76.5 Å². The average molecular weight is 391 g/mol. The number of likely N-dealkylation sites (tertiary alicyclic amines) is 1. The fourth-order valence-electron chi connectivity index (χ4n) is 3.33. The number of rotatable bonds is 9. The van der Waals surface area contributed by atoms with E-state index in [-0.39, 0.29) is 17.9 Å². The van der Waals surface area contributed by atoms with Gasteiger partial charge in [0.2, 0.25) is 0 Å². The second-order valence-electron chi connectivity index (χ2n) is 6.55. The third kappa shape index (κ3) is 5.40. The van der Waals surface area contributed by atoms with Gasteiger partial charge in [-0.25, -0.2) is 4.98 Å². The molecule has 2 aromatic heterocycles. The molecular formula is C19H26N4O3S. The number of nitrogens with zero attached hydrogens (tertiary/aromatic N) is 3. The zero-order valence-electron chi connectivity index (χ0n) is 15.6. The number of amides is 1. The van der Waals surface area contributed by atoms with Crippen molar-refractivity contribution < 1.29 is 14.3 Å². The van der Waals surface area contributed by atoms with Crippen LogP contribution in [0.25, 0.3) is 0 Å². The molecule has 0 spiro atoms. The number of hydrogen-bond donors (Lipinski definition) is 1. The Balaban J connectivity index is 1.49. The zero-order valence-corrected chi connectivity index (χ0v) is 16.4. The van der Waals surface area contributed by atoms with Crippen LogP contribution in [-0.4, -0.2) is 52.6 Å². The summed E-state index contributed by atoms with van der Waals surface area (Å²) in [5, 5.41) is 2.98.